The molecule has 2 heterocycles. The molecule has 6 nitrogen and oxygen atoms in total. The third kappa shape index (κ3) is 3.59. The molecule has 1 aliphatic rings. The van der Waals surface area contributed by atoms with Crippen LogP contribution in [0.15, 0.2) is 18.3 Å². The first-order valence-corrected chi connectivity index (χ1v) is 7.98. The average molecular weight is 313 g/mol. The van der Waals surface area contributed by atoms with Crippen molar-refractivity contribution in [1.82, 2.24) is 20.1 Å². The fraction of sp³-hybridized carbons (Fsp3) is 0.471. The van der Waals surface area contributed by atoms with E-state index in [2.05, 4.69) is 32.4 Å². The number of likely N-dealkylation sites (tertiary alicyclic amines) is 1. The first kappa shape index (κ1) is 15.7. The van der Waals surface area contributed by atoms with Gasteiger partial charge in [0, 0.05) is 18.2 Å². The molecule has 6 heteroatoms. The number of aromatic hydroxyl groups is 1. The molecule has 1 saturated heterocycles. The minimum atomic E-state index is 0.216. The normalized spacial score (nSPS) is 18.8. The maximum Gasteiger partial charge on any atom is 0.242 e. The molecule has 23 heavy (non-hydrogen) atoms. The molecule has 1 aromatic heterocycles. The largest absolute Gasteiger partial charge is 0.507 e. The fourth-order valence-corrected chi connectivity index (χ4v) is 3.20. The fourth-order valence-electron chi connectivity index (χ4n) is 3.20. The van der Waals surface area contributed by atoms with Crippen molar-refractivity contribution in [1.29, 1.82) is 0 Å². The van der Waals surface area contributed by atoms with Crippen molar-refractivity contribution in [3.05, 3.63) is 29.5 Å². The Bertz CT molecular complexity index is 663. The molecule has 0 amide bonds. The highest BCUT2D eigenvalue weighted by Gasteiger charge is 2.18. The number of likely N-dealkylation sites (N-methyl/N-ethyl adjacent to an activating group) is 1. The molecule has 0 radical (unpaired) electrons. The lowest BCUT2D eigenvalue weighted by molar-refractivity contribution is 0.260. The van der Waals surface area contributed by atoms with Crippen LogP contribution >= 0.6 is 0 Å². The lowest BCUT2D eigenvalue weighted by atomic mass is 10.0. The summed E-state index contributed by atoms with van der Waals surface area (Å²) in [6.07, 6.45) is 3.96. The predicted molar refractivity (Wildman–Crippen MR) is 90.5 cm³/mol. The van der Waals surface area contributed by atoms with Crippen molar-refractivity contribution in [2.45, 2.75) is 32.7 Å². The second-order valence-electron chi connectivity index (χ2n) is 6.39. The van der Waals surface area contributed by atoms with Gasteiger partial charge in [-0.15, -0.1) is 10.2 Å². The van der Waals surface area contributed by atoms with Gasteiger partial charge in [0.2, 0.25) is 5.95 Å². The van der Waals surface area contributed by atoms with Gasteiger partial charge in [0.15, 0.2) is 0 Å². The monoisotopic (exact) mass is 313 g/mol. The van der Waals surface area contributed by atoms with Gasteiger partial charge in [-0.1, -0.05) is 6.07 Å². The number of aromatic nitrogens is 3. The van der Waals surface area contributed by atoms with Crippen LogP contribution in [0.4, 0.5) is 5.95 Å². The molecule has 0 aliphatic carbocycles. The van der Waals surface area contributed by atoms with Gasteiger partial charge in [-0.05, 0) is 57.5 Å². The van der Waals surface area contributed by atoms with Crippen LogP contribution in [-0.2, 0) is 0 Å². The zero-order valence-electron chi connectivity index (χ0n) is 13.9. The Kier molecular flexibility index (Phi) is 4.43. The highest BCUT2D eigenvalue weighted by atomic mass is 16.3. The van der Waals surface area contributed by atoms with E-state index in [0.717, 1.165) is 30.6 Å². The Morgan fingerprint density at radius 1 is 1.26 bits per heavy atom. The summed E-state index contributed by atoms with van der Waals surface area (Å²) >= 11 is 0. The molecule has 2 N–H and O–H groups in total. The standard InChI is InChI=1S/C17H23N5O/c1-11-7-12(2)16(15(23)8-11)14-9-18-17(21-20-14)19-13-5-4-6-22(3)10-13/h7-9,13,23H,4-6,10H2,1-3H3,(H,18,19,21). The number of phenolic OH excluding ortho intramolecular Hbond substituents is 1. The van der Waals surface area contributed by atoms with Crippen LogP contribution in [0.5, 0.6) is 5.75 Å². The minimum Gasteiger partial charge on any atom is -0.507 e. The van der Waals surface area contributed by atoms with Gasteiger partial charge in [0.1, 0.15) is 11.4 Å². The van der Waals surface area contributed by atoms with Crippen molar-refractivity contribution in [3.63, 3.8) is 0 Å². The molecule has 1 fully saturated rings. The van der Waals surface area contributed by atoms with E-state index in [1.807, 2.05) is 19.9 Å². The second kappa shape index (κ2) is 6.50. The van der Waals surface area contributed by atoms with Crippen molar-refractivity contribution in [2.24, 2.45) is 0 Å². The number of anilines is 1. The molecular formula is C17H23N5O. The molecule has 1 aliphatic heterocycles. The van der Waals surface area contributed by atoms with Crippen LogP contribution in [0.25, 0.3) is 11.3 Å². The molecule has 0 saturated carbocycles. The highest BCUT2D eigenvalue weighted by molar-refractivity contribution is 5.70. The molecule has 1 unspecified atom stereocenters. The Labute approximate surface area is 136 Å². The van der Waals surface area contributed by atoms with E-state index >= 15 is 0 Å². The number of hydrogen-bond acceptors (Lipinski definition) is 6. The number of nitrogens with zero attached hydrogens (tertiary/aromatic N) is 4. The minimum absolute atomic E-state index is 0.216. The van der Waals surface area contributed by atoms with Crippen LogP contribution in [0, 0.1) is 13.8 Å². The first-order valence-electron chi connectivity index (χ1n) is 7.98. The number of benzene rings is 1. The lowest BCUT2D eigenvalue weighted by Crippen LogP contribution is -2.40. The number of nitrogens with one attached hydrogen (secondary N) is 1. The topological polar surface area (TPSA) is 74.2 Å². The van der Waals surface area contributed by atoms with Crippen LogP contribution in [0.3, 0.4) is 0 Å². The predicted octanol–water partition coefficient (Wildman–Crippen LogP) is 2.37. The van der Waals surface area contributed by atoms with E-state index in [1.165, 1.54) is 6.42 Å². The lowest BCUT2D eigenvalue weighted by Gasteiger charge is -2.29. The molecule has 3 rings (SSSR count). The van der Waals surface area contributed by atoms with Crippen LogP contribution < -0.4 is 5.32 Å². The van der Waals surface area contributed by atoms with Crippen molar-refractivity contribution in [3.8, 4) is 17.0 Å². The Morgan fingerprint density at radius 2 is 2.09 bits per heavy atom. The quantitative estimate of drug-likeness (QED) is 0.906. The molecule has 2 aromatic rings. The van der Waals surface area contributed by atoms with Crippen molar-refractivity contribution >= 4 is 5.95 Å². The summed E-state index contributed by atoms with van der Waals surface area (Å²) in [6.45, 7) is 6.04. The van der Waals surface area contributed by atoms with E-state index < -0.39 is 0 Å². The summed E-state index contributed by atoms with van der Waals surface area (Å²) in [6, 6.07) is 4.10. The molecule has 1 aromatic carbocycles. The van der Waals surface area contributed by atoms with E-state index in [0.29, 0.717) is 23.2 Å². The summed E-state index contributed by atoms with van der Waals surface area (Å²) in [7, 11) is 2.12. The zero-order valence-corrected chi connectivity index (χ0v) is 13.9. The van der Waals surface area contributed by atoms with Crippen molar-refractivity contribution < 1.29 is 5.11 Å². The smallest absolute Gasteiger partial charge is 0.242 e. The Hall–Kier alpha value is -2.21. The van der Waals surface area contributed by atoms with Gasteiger partial charge in [-0.2, -0.15) is 0 Å². The van der Waals surface area contributed by atoms with Gasteiger partial charge >= 0.3 is 0 Å². The van der Waals surface area contributed by atoms with E-state index in [4.69, 9.17) is 0 Å². The number of rotatable bonds is 3. The van der Waals surface area contributed by atoms with Gasteiger partial charge in [-0.25, -0.2) is 4.98 Å². The van der Waals surface area contributed by atoms with Gasteiger partial charge in [0.25, 0.3) is 0 Å². The summed E-state index contributed by atoms with van der Waals surface area (Å²) < 4.78 is 0. The average Bonchev–Trinajstić information content (AvgIpc) is 2.48. The van der Waals surface area contributed by atoms with E-state index in [1.54, 1.807) is 12.3 Å². The highest BCUT2D eigenvalue weighted by Crippen LogP contribution is 2.31. The first-order chi connectivity index (χ1) is 11.0. The maximum absolute atomic E-state index is 10.2. The van der Waals surface area contributed by atoms with Gasteiger partial charge < -0.3 is 15.3 Å². The second-order valence-corrected chi connectivity index (χ2v) is 6.39. The van der Waals surface area contributed by atoms with Crippen LogP contribution in [0.2, 0.25) is 0 Å². The summed E-state index contributed by atoms with van der Waals surface area (Å²) in [5.74, 6) is 0.756. The molecule has 1 atom stereocenters. The van der Waals surface area contributed by atoms with Crippen molar-refractivity contribution in [2.75, 3.05) is 25.5 Å². The summed E-state index contributed by atoms with van der Waals surface area (Å²) in [5, 5.41) is 21.9. The third-order valence-corrected chi connectivity index (χ3v) is 4.23. The van der Waals surface area contributed by atoms with Gasteiger partial charge in [-0.3, -0.25) is 0 Å². The van der Waals surface area contributed by atoms with E-state index in [-0.39, 0.29) is 5.75 Å². The SMILES string of the molecule is Cc1cc(C)c(-c2cnc(NC3CCCN(C)C3)nn2)c(O)c1. The van der Waals surface area contributed by atoms with Crippen LogP contribution in [-0.4, -0.2) is 51.4 Å². The Morgan fingerprint density at radius 3 is 2.74 bits per heavy atom. The number of aryl methyl sites for hydroxylation is 2. The number of hydrogen-bond donors (Lipinski definition) is 2. The maximum atomic E-state index is 10.2. The number of piperidine rings is 1. The molecule has 122 valence electrons. The third-order valence-electron chi connectivity index (χ3n) is 4.23. The van der Waals surface area contributed by atoms with Gasteiger partial charge in [0.05, 0.1) is 6.20 Å². The van der Waals surface area contributed by atoms with E-state index in [9.17, 15) is 5.11 Å². The molecule has 0 spiro atoms. The summed E-state index contributed by atoms with van der Waals surface area (Å²) in [4.78, 5) is 6.67. The van der Waals surface area contributed by atoms with Crippen LogP contribution in [0.1, 0.15) is 24.0 Å². The Balaban J connectivity index is 1.77. The molecule has 0 bridgehead atoms. The zero-order chi connectivity index (χ0) is 16.4. The number of phenols is 1. The summed E-state index contributed by atoms with van der Waals surface area (Å²) in [5.41, 5.74) is 3.27. The molecular weight excluding hydrogens is 290 g/mol.